The first-order chi connectivity index (χ1) is 16.4. The lowest BCUT2D eigenvalue weighted by atomic mass is 9.72. The lowest BCUT2D eigenvalue weighted by molar-refractivity contribution is -0.275. The summed E-state index contributed by atoms with van der Waals surface area (Å²) in [7, 11) is 0. The molecule has 5 heteroatoms. The van der Waals surface area contributed by atoms with Crippen LogP contribution < -0.4 is 4.74 Å². The van der Waals surface area contributed by atoms with E-state index in [0.717, 1.165) is 37.8 Å². The van der Waals surface area contributed by atoms with Crippen molar-refractivity contribution in [3.05, 3.63) is 77.1 Å². The zero-order valence-electron chi connectivity index (χ0n) is 19.2. The topological polar surface area (TPSA) is 9.23 Å². The summed E-state index contributed by atoms with van der Waals surface area (Å²) in [6.45, 7) is 2.19. The molecule has 1 aliphatic carbocycles. The van der Waals surface area contributed by atoms with Gasteiger partial charge in [0, 0.05) is 11.5 Å². The average Bonchev–Trinajstić information content (AvgIpc) is 2.81. The van der Waals surface area contributed by atoms with Crippen LogP contribution in [0.25, 0.3) is 10.8 Å². The predicted octanol–water partition coefficient (Wildman–Crippen LogP) is 8.55. The third-order valence-electron chi connectivity index (χ3n) is 6.61. The van der Waals surface area contributed by atoms with Crippen molar-refractivity contribution in [1.82, 2.24) is 0 Å². The molecule has 0 spiro atoms. The first kappa shape index (κ1) is 24.1. The number of alkyl halides is 3. The Labute approximate surface area is 198 Å². The van der Waals surface area contributed by atoms with Gasteiger partial charge in [-0.25, -0.2) is 4.39 Å². The lowest BCUT2D eigenvalue weighted by Gasteiger charge is -2.31. The van der Waals surface area contributed by atoms with Gasteiger partial charge in [-0.15, -0.1) is 13.2 Å². The summed E-state index contributed by atoms with van der Waals surface area (Å²) < 4.78 is 55.2. The summed E-state index contributed by atoms with van der Waals surface area (Å²) in [6, 6.07) is 16.0. The van der Waals surface area contributed by atoms with Crippen molar-refractivity contribution in [1.29, 1.82) is 0 Å². The van der Waals surface area contributed by atoms with Crippen LogP contribution in [0.15, 0.2) is 54.6 Å². The van der Waals surface area contributed by atoms with E-state index in [1.54, 1.807) is 0 Å². The fourth-order valence-corrected chi connectivity index (χ4v) is 4.96. The first-order valence-corrected chi connectivity index (χ1v) is 11.9. The van der Waals surface area contributed by atoms with Crippen LogP contribution in [0.5, 0.6) is 5.75 Å². The number of ether oxygens (including phenoxy) is 1. The molecular weight excluding hydrogens is 440 g/mol. The number of unbranched alkanes of at least 4 members (excludes halogenated alkanes) is 3. The Hall–Kier alpha value is -3.00. The van der Waals surface area contributed by atoms with Crippen molar-refractivity contribution in [2.24, 2.45) is 5.92 Å². The van der Waals surface area contributed by atoms with E-state index >= 15 is 0 Å². The molecule has 1 aliphatic rings. The fraction of sp³-hybridized carbons (Fsp3) is 0.379. The molecule has 0 aromatic heterocycles. The number of aryl methyl sites for hydroxylation is 1. The highest BCUT2D eigenvalue weighted by Gasteiger charge is 2.32. The Kier molecular flexibility index (Phi) is 7.46. The summed E-state index contributed by atoms with van der Waals surface area (Å²) in [5.74, 6) is 4.89. The van der Waals surface area contributed by atoms with Gasteiger partial charge in [-0.1, -0.05) is 80.8 Å². The molecule has 0 heterocycles. The molecule has 0 saturated carbocycles. The monoisotopic (exact) mass is 468 g/mol. The second-order valence-corrected chi connectivity index (χ2v) is 8.94. The molecule has 0 unspecified atom stereocenters. The van der Waals surface area contributed by atoms with E-state index in [1.165, 1.54) is 47.2 Å². The third kappa shape index (κ3) is 5.73. The van der Waals surface area contributed by atoms with Gasteiger partial charge >= 0.3 is 6.36 Å². The predicted molar refractivity (Wildman–Crippen MR) is 127 cm³/mol. The van der Waals surface area contributed by atoms with Gasteiger partial charge in [-0.05, 0) is 65.3 Å². The van der Waals surface area contributed by atoms with E-state index < -0.39 is 17.9 Å². The Morgan fingerprint density at radius 3 is 2.59 bits per heavy atom. The minimum Gasteiger partial charge on any atom is -0.403 e. The minimum absolute atomic E-state index is 0.00384. The number of fused-ring (bicyclic) bond motifs is 3. The fourth-order valence-electron chi connectivity index (χ4n) is 4.96. The second kappa shape index (κ2) is 10.5. The number of benzene rings is 3. The van der Waals surface area contributed by atoms with Gasteiger partial charge < -0.3 is 4.74 Å². The first-order valence-electron chi connectivity index (χ1n) is 11.9. The van der Waals surface area contributed by atoms with Crippen molar-refractivity contribution >= 4 is 10.8 Å². The van der Waals surface area contributed by atoms with Gasteiger partial charge in [0.05, 0.1) is 0 Å². The number of rotatable bonds is 6. The van der Waals surface area contributed by atoms with Crippen molar-refractivity contribution in [2.45, 2.75) is 64.1 Å². The van der Waals surface area contributed by atoms with E-state index in [-0.39, 0.29) is 5.92 Å². The summed E-state index contributed by atoms with van der Waals surface area (Å²) in [5, 5.41) is 2.45. The highest BCUT2D eigenvalue weighted by molar-refractivity contribution is 5.87. The average molecular weight is 469 g/mol. The van der Waals surface area contributed by atoms with Crippen LogP contribution in [-0.2, 0) is 6.42 Å². The molecular formula is C29H28F4O. The molecule has 0 radical (unpaired) electrons. The summed E-state index contributed by atoms with van der Waals surface area (Å²) in [6.07, 6.45) is 2.94. The number of hydrogen-bond acceptors (Lipinski definition) is 1. The van der Waals surface area contributed by atoms with Crippen LogP contribution in [0.1, 0.15) is 68.1 Å². The van der Waals surface area contributed by atoms with Gasteiger partial charge in [0.2, 0.25) is 0 Å². The summed E-state index contributed by atoms with van der Waals surface area (Å²) in [4.78, 5) is 0. The molecule has 0 N–H and O–H groups in total. The summed E-state index contributed by atoms with van der Waals surface area (Å²) in [5.41, 5.74) is 2.88. The molecule has 34 heavy (non-hydrogen) atoms. The van der Waals surface area contributed by atoms with Crippen molar-refractivity contribution < 1.29 is 22.3 Å². The molecule has 3 aromatic carbocycles. The smallest absolute Gasteiger partial charge is 0.403 e. The molecule has 0 aliphatic heterocycles. The van der Waals surface area contributed by atoms with Crippen molar-refractivity contribution in [3.8, 4) is 17.6 Å². The highest BCUT2D eigenvalue weighted by Crippen LogP contribution is 2.41. The Balaban J connectivity index is 1.65. The van der Waals surface area contributed by atoms with E-state index in [1.807, 2.05) is 12.1 Å². The van der Waals surface area contributed by atoms with Crippen LogP contribution in [0, 0.1) is 23.6 Å². The standard InChI is InChI=1S/C29H28F4O/c1-2-3-4-5-8-22-14-16-25-23-10-7-6-9-21(23)13-17-26(25)24(22)15-11-20-12-18-28(27(30)19-20)34-29(31,32)33/h6-7,9-10,12-13,17-19,22,24H,2-5,8,14,16H2,1H3/t22-,24+/m1/s1. The van der Waals surface area contributed by atoms with Gasteiger partial charge in [-0.3, -0.25) is 0 Å². The minimum atomic E-state index is -4.94. The molecule has 1 nitrogen and oxygen atoms in total. The Morgan fingerprint density at radius 2 is 1.82 bits per heavy atom. The van der Waals surface area contributed by atoms with Gasteiger partial charge in [0.15, 0.2) is 11.6 Å². The van der Waals surface area contributed by atoms with Crippen LogP contribution in [-0.4, -0.2) is 6.36 Å². The van der Waals surface area contributed by atoms with Crippen molar-refractivity contribution in [3.63, 3.8) is 0 Å². The molecule has 4 rings (SSSR count). The van der Waals surface area contributed by atoms with Crippen LogP contribution >= 0.6 is 0 Å². The van der Waals surface area contributed by atoms with Crippen molar-refractivity contribution in [2.75, 3.05) is 0 Å². The summed E-state index contributed by atoms with van der Waals surface area (Å²) >= 11 is 0. The number of hydrogen-bond donors (Lipinski definition) is 0. The van der Waals surface area contributed by atoms with E-state index in [0.29, 0.717) is 11.5 Å². The molecule has 0 fully saturated rings. The molecule has 3 aromatic rings. The normalized spacial score (nSPS) is 17.7. The molecule has 0 saturated heterocycles. The molecule has 0 bridgehead atoms. The molecule has 2 atom stereocenters. The lowest BCUT2D eigenvalue weighted by Crippen LogP contribution is -2.20. The molecule has 0 amide bonds. The maximum Gasteiger partial charge on any atom is 0.573 e. The zero-order valence-corrected chi connectivity index (χ0v) is 19.2. The largest absolute Gasteiger partial charge is 0.573 e. The zero-order chi connectivity index (χ0) is 24.1. The molecule has 178 valence electrons. The van der Waals surface area contributed by atoms with Gasteiger partial charge in [-0.2, -0.15) is 0 Å². The Morgan fingerprint density at radius 1 is 1.00 bits per heavy atom. The maximum absolute atomic E-state index is 14.2. The second-order valence-electron chi connectivity index (χ2n) is 8.94. The van der Waals surface area contributed by atoms with E-state index in [4.69, 9.17) is 0 Å². The van der Waals surface area contributed by atoms with Gasteiger partial charge in [0.1, 0.15) is 0 Å². The quantitative estimate of drug-likeness (QED) is 0.200. The van der Waals surface area contributed by atoms with Gasteiger partial charge in [0.25, 0.3) is 0 Å². The SMILES string of the molecule is CCCCCC[C@@H]1CCc2c(ccc3ccccc23)[C@H]1C#Cc1ccc(OC(F)(F)F)c(F)c1. The van der Waals surface area contributed by atoms with E-state index in [2.05, 4.69) is 47.8 Å². The highest BCUT2D eigenvalue weighted by atomic mass is 19.4. The Bertz CT molecular complexity index is 1200. The third-order valence-corrected chi connectivity index (χ3v) is 6.61. The van der Waals surface area contributed by atoms with E-state index in [9.17, 15) is 17.6 Å². The van der Waals surface area contributed by atoms with Crippen LogP contribution in [0.2, 0.25) is 0 Å². The van der Waals surface area contributed by atoms with Crippen LogP contribution in [0.3, 0.4) is 0 Å². The maximum atomic E-state index is 14.2. The van der Waals surface area contributed by atoms with Crippen LogP contribution in [0.4, 0.5) is 17.6 Å². The number of halogens is 4.